The number of nitrogens with one attached hydrogen (secondary N) is 1. The van der Waals surface area contributed by atoms with Crippen molar-refractivity contribution in [1.29, 1.82) is 0 Å². The van der Waals surface area contributed by atoms with E-state index in [1.807, 2.05) is 29.2 Å². The fourth-order valence-electron chi connectivity index (χ4n) is 1.91. The maximum absolute atomic E-state index is 11.9. The molecule has 0 aromatic heterocycles. The van der Waals surface area contributed by atoms with Crippen LogP contribution in [0, 0.1) is 0 Å². The van der Waals surface area contributed by atoms with Gasteiger partial charge in [-0.25, -0.2) is 0 Å². The molecule has 6 nitrogen and oxygen atoms in total. The molecule has 0 bridgehead atoms. The van der Waals surface area contributed by atoms with E-state index in [1.165, 1.54) is 0 Å². The molecule has 1 aromatic rings. The van der Waals surface area contributed by atoms with E-state index in [2.05, 4.69) is 5.32 Å². The zero-order chi connectivity index (χ0) is 15.5. The van der Waals surface area contributed by atoms with E-state index in [9.17, 15) is 4.79 Å². The van der Waals surface area contributed by atoms with Gasteiger partial charge in [0.25, 0.3) is 0 Å². The third-order valence-electron chi connectivity index (χ3n) is 3.01. The quantitative estimate of drug-likeness (QED) is 0.619. The Morgan fingerprint density at radius 1 is 1.38 bits per heavy atom. The monoisotopic (exact) mass is 295 g/mol. The second-order valence-corrected chi connectivity index (χ2v) is 4.61. The Hall–Kier alpha value is -1.79. The topological polar surface area (TPSA) is 76.8 Å². The van der Waals surface area contributed by atoms with Crippen molar-refractivity contribution in [3.8, 4) is 5.75 Å². The SMILES string of the molecule is COCCNC(=O)CN(CCCN)c1cccc(OC)c1. The van der Waals surface area contributed by atoms with Crippen molar-refractivity contribution in [1.82, 2.24) is 5.32 Å². The first-order chi connectivity index (χ1) is 10.2. The average molecular weight is 295 g/mol. The number of hydrogen-bond acceptors (Lipinski definition) is 5. The second kappa shape index (κ2) is 10.0. The molecule has 0 unspecified atom stereocenters. The molecule has 0 saturated carbocycles. The van der Waals surface area contributed by atoms with Gasteiger partial charge in [0.15, 0.2) is 0 Å². The van der Waals surface area contributed by atoms with Crippen LogP contribution in [0.15, 0.2) is 24.3 Å². The molecular formula is C15H25N3O3. The van der Waals surface area contributed by atoms with Crippen LogP contribution in [0.1, 0.15) is 6.42 Å². The molecule has 21 heavy (non-hydrogen) atoms. The van der Waals surface area contributed by atoms with E-state index in [1.54, 1.807) is 14.2 Å². The maximum Gasteiger partial charge on any atom is 0.239 e. The van der Waals surface area contributed by atoms with Crippen LogP contribution in [-0.4, -0.2) is 52.9 Å². The molecule has 0 aliphatic heterocycles. The Morgan fingerprint density at radius 2 is 2.19 bits per heavy atom. The lowest BCUT2D eigenvalue weighted by Crippen LogP contribution is -2.39. The Bertz CT molecular complexity index is 426. The highest BCUT2D eigenvalue weighted by Crippen LogP contribution is 2.20. The van der Waals surface area contributed by atoms with Gasteiger partial charge in [-0.15, -0.1) is 0 Å². The summed E-state index contributed by atoms with van der Waals surface area (Å²) >= 11 is 0. The highest BCUT2D eigenvalue weighted by atomic mass is 16.5. The van der Waals surface area contributed by atoms with E-state index < -0.39 is 0 Å². The van der Waals surface area contributed by atoms with Gasteiger partial charge < -0.3 is 25.4 Å². The zero-order valence-electron chi connectivity index (χ0n) is 12.8. The molecule has 0 fully saturated rings. The number of rotatable bonds is 10. The molecule has 1 rings (SSSR count). The standard InChI is InChI=1S/C15H25N3O3/c1-20-10-8-17-15(19)12-18(9-4-7-16)13-5-3-6-14(11-13)21-2/h3,5-6,11H,4,7-10,12,16H2,1-2H3,(H,17,19). The van der Waals surface area contributed by atoms with E-state index in [-0.39, 0.29) is 12.5 Å². The van der Waals surface area contributed by atoms with Crippen LogP contribution in [0.4, 0.5) is 5.69 Å². The average Bonchev–Trinajstić information content (AvgIpc) is 2.51. The number of anilines is 1. The van der Waals surface area contributed by atoms with Crippen LogP contribution in [0.25, 0.3) is 0 Å². The molecule has 0 spiro atoms. The van der Waals surface area contributed by atoms with Gasteiger partial charge in [-0.05, 0) is 25.1 Å². The number of nitrogens with two attached hydrogens (primary N) is 1. The van der Waals surface area contributed by atoms with Crippen molar-refractivity contribution in [3.63, 3.8) is 0 Å². The lowest BCUT2D eigenvalue weighted by atomic mass is 10.2. The summed E-state index contributed by atoms with van der Waals surface area (Å²) in [6.07, 6.45) is 0.822. The van der Waals surface area contributed by atoms with Gasteiger partial charge in [0.2, 0.25) is 5.91 Å². The van der Waals surface area contributed by atoms with E-state index in [4.69, 9.17) is 15.2 Å². The lowest BCUT2D eigenvalue weighted by molar-refractivity contribution is -0.119. The van der Waals surface area contributed by atoms with Gasteiger partial charge >= 0.3 is 0 Å². The number of methoxy groups -OCH3 is 2. The minimum atomic E-state index is -0.0353. The van der Waals surface area contributed by atoms with E-state index >= 15 is 0 Å². The van der Waals surface area contributed by atoms with Crippen LogP contribution >= 0.6 is 0 Å². The predicted octanol–water partition coefficient (Wildman–Crippen LogP) is 0.613. The van der Waals surface area contributed by atoms with Crippen molar-refractivity contribution < 1.29 is 14.3 Å². The highest BCUT2D eigenvalue weighted by molar-refractivity contribution is 5.81. The molecule has 0 radical (unpaired) electrons. The van der Waals surface area contributed by atoms with Crippen LogP contribution in [0.3, 0.4) is 0 Å². The summed E-state index contributed by atoms with van der Waals surface area (Å²) < 4.78 is 10.1. The minimum absolute atomic E-state index is 0.0353. The number of carbonyl (C=O) groups excluding carboxylic acids is 1. The molecule has 6 heteroatoms. The number of amides is 1. The maximum atomic E-state index is 11.9. The van der Waals surface area contributed by atoms with Crippen molar-refractivity contribution in [2.75, 3.05) is 51.9 Å². The summed E-state index contributed by atoms with van der Waals surface area (Å²) in [6, 6.07) is 7.66. The third-order valence-corrected chi connectivity index (χ3v) is 3.01. The van der Waals surface area contributed by atoms with Gasteiger partial charge in [-0.2, -0.15) is 0 Å². The normalized spacial score (nSPS) is 10.2. The molecular weight excluding hydrogens is 270 g/mol. The van der Waals surface area contributed by atoms with Gasteiger partial charge in [0, 0.05) is 32.0 Å². The summed E-state index contributed by atoms with van der Waals surface area (Å²) in [4.78, 5) is 13.9. The lowest BCUT2D eigenvalue weighted by Gasteiger charge is -2.24. The number of nitrogens with zero attached hydrogens (tertiary/aromatic N) is 1. The first kappa shape index (κ1) is 17.3. The van der Waals surface area contributed by atoms with Crippen LogP contribution in [0.5, 0.6) is 5.75 Å². The Kier molecular flexibility index (Phi) is 8.23. The Morgan fingerprint density at radius 3 is 2.86 bits per heavy atom. The number of benzene rings is 1. The van der Waals surface area contributed by atoms with Gasteiger partial charge in [-0.1, -0.05) is 6.07 Å². The summed E-state index contributed by atoms with van der Waals surface area (Å²) in [7, 11) is 3.23. The van der Waals surface area contributed by atoms with E-state index in [0.717, 1.165) is 24.4 Å². The zero-order valence-corrected chi connectivity index (χ0v) is 12.8. The van der Waals surface area contributed by atoms with Crippen LogP contribution in [0.2, 0.25) is 0 Å². The summed E-state index contributed by atoms with van der Waals surface area (Å²) in [5.74, 6) is 0.733. The molecule has 3 N–H and O–H groups in total. The molecule has 1 aromatic carbocycles. The summed E-state index contributed by atoms with van der Waals surface area (Å²) in [6.45, 7) is 2.62. The molecule has 0 heterocycles. The summed E-state index contributed by atoms with van der Waals surface area (Å²) in [5.41, 5.74) is 6.52. The molecule has 118 valence electrons. The Labute approximate surface area is 126 Å². The largest absolute Gasteiger partial charge is 0.497 e. The van der Waals surface area contributed by atoms with Crippen molar-refractivity contribution in [3.05, 3.63) is 24.3 Å². The van der Waals surface area contributed by atoms with Crippen LogP contribution in [-0.2, 0) is 9.53 Å². The van der Waals surface area contributed by atoms with Gasteiger partial charge in [0.05, 0.1) is 20.3 Å². The number of ether oxygens (including phenoxy) is 2. The molecule has 1 amide bonds. The molecule has 0 aliphatic rings. The number of carbonyl (C=O) groups is 1. The fraction of sp³-hybridized carbons (Fsp3) is 0.533. The van der Waals surface area contributed by atoms with Crippen LogP contribution < -0.4 is 20.7 Å². The van der Waals surface area contributed by atoms with Crippen molar-refractivity contribution >= 4 is 11.6 Å². The van der Waals surface area contributed by atoms with Crippen molar-refractivity contribution in [2.24, 2.45) is 5.73 Å². The first-order valence-corrected chi connectivity index (χ1v) is 7.06. The van der Waals surface area contributed by atoms with Crippen molar-refractivity contribution in [2.45, 2.75) is 6.42 Å². The minimum Gasteiger partial charge on any atom is -0.497 e. The summed E-state index contributed by atoms with van der Waals surface area (Å²) in [5, 5.41) is 2.82. The molecule has 0 atom stereocenters. The second-order valence-electron chi connectivity index (χ2n) is 4.61. The Balaban J connectivity index is 2.67. The third kappa shape index (κ3) is 6.46. The van der Waals surface area contributed by atoms with Gasteiger partial charge in [-0.3, -0.25) is 4.79 Å². The van der Waals surface area contributed by atoms with Gasteiger partial charge in [0.1, 0.15) is 5.75 Å². The first-order valence-electron chi connectivity index (χ1n) is 7.06. The van der Waals surface area contributed by atoms with E-state index in [0.29, 0.717) is 19.7 Å². The number of hydrogen-bond donors (Lipinski definition) is 2. The smallest absolute Gasteiger partial charge is 0.239 e. The predicted molar refractivity (Wildman–Crippen MR) is 83.8 cm³/mol. The molecule has 0 saturated heterocycles. The highest BCUT2D eigenvalue weighted by Gasteiger charge is 2.11. The molecule has 0 aliphatic carbocycles. The fourth-order valence-corrected chi connectivity index (χ4v) is 1.91.